The predicted molar refractivity (Wildman–Crippen MR) is 415 cm³/mol. The first-order chi connectivity index (χ1) is 48.5. The SMILES string of the molecule is c1ccc(-c2ccc3cc(-c4c5ccccc5c(-c5ccc6c(c5)oc5cc(-c7ccccc7)ccc56)c5cc(-c6ccc7c(-c8ccc9cccc(-c%10ccccc%10)c9c8)c8ccccc8c(-c8ccc9c(c8)oc8cc(-c%10ccccc%10)ccc89)c7c6)ccc45)ccc3c2)cc1. The first kappa shape index (κ1) is 55.6. The molecule has 0 unspecified atom stereocenters. The van der Waals surface area contributed by atoms with Crippen molar-refractivity contribution in [2.75, 3.05) is 0 Å². The summed E-state index contributed by atoms with van der Waals surface area (Å²) >= 11 is 0. The van der Waals surface area contributed by atoms with Crippen molar-refractivity contribution in [3.05, 3.63) is 352 Å². The fourth-order valence-electron chi connectivity index (χ4n) is 16.0. The van der Waals surface area contributed by atoms with Crippen molar-refractivity contribution in [1.29, 1.82) is 0 Å². The maximum Gasteiger partial charge on any atom is 0.136 e. The van der Waals surface area contributed by atoms with Crippen LogP contribution in [0.2, 0.25) is 0 Å². The molecule has 98 heavy (non-hydrogen) atoms. The van der Waals surface area contributed by atoms with E-state index in [9.17, 15) is 0 Å². The molecule has 0 amide bonds. The van der Waals surface area contributed by atoms with Gasteiger partial charge in [0, 0.05) is 21.5 Å². The van der Waals surface area contributed by atoms with Crippen LogP contribution in [0.5, 0.6) is 0 Å². The van der Waals surface area contributed by atoms with Crippen molar-refractivity contribution >= 4 is 109 Å². The van der Waals surface area contributed by atoms with Gasteiger partial charge >= 0.3 is 0 Å². The van der Waals surface area contributed by atoms with Crippen molar-refractivity contribution in [2.45, 2.75) is 0 Å². The molecule has 0 saturated carbocycles. The molecule has 0 saturated heterocycles. The smallest absolute Gasteiger partial charge is 0.136 e. The first-order valence-electron chi connectivity index (χ1n) is 33.8. The standard InChI is InChI=1S/C96H58O2/c1-5-18-59(19-6-1)64-33-34-66-51-71(37-35-65(66)50-64)93-80-27-13-15-29-82(80)95(73-42-46-78-76-44-38-69(60-20-7-2-8-21-60)55-89(76)97-91(78)57-73)87-52-67(40-48-84(87)93)68-41-49-85-88(53-68)96(74-43-47-79-77-45-39-70(61-22-9-3-10-23-61)56-90(77)98-92(79)58-74)83-30-16-14-28-81(83)94(85)72-36-32-63-26-17-31-75(86(63)54-72)62-24-11-4-12-25-62/h1-58H. The zero-order valence-electron chi connectivity index (χ0n) is 53.3. The van der Waals surface area contributed by atoms with E-state index >= 15 is 0 Å². The molecule has 0 aliphatic rings. The van der Waals surface area contributed by atoms with Gasteiger partial charge in [-0.05, 0) is 244 Å². The van der Waals surface area contributed by atoms with Gasteiger partial charge < -0.3 is 8.83 Å². The van der Waals surface area contributed by atoms with Gasteiger partial charge in [0.1, 0.15) is 22.3 Å². The molecule has 0 bridgehead atoms. The summed E-state index contributed by atoms with van der Waals surface area (Å²) in [6.45, 7) is 0. The fraction of sp³-hybridized carbons (Fsp3) is 0. The highest BCUT2D eigenvalue weighted by atomic mass is 16.3. The topological polar surface area (TPSA) is 26.3 Å². The Bertz CT molecular complexity index is 6640. The number of rotatable bonds is 9. The fourth-order valence-corrected chi connectivity index (χ4v) is 16.0. The second-order valence-electron chi connectivity index (χ2n) is 26.1. The van der Waals surface area contributed by atoms with Crippen LogP contribution in [0.1, 0.15) is 0 Å². The maximum absolute atomic E-state index is 6.93. The zero-order valence-corrected chi connectivity index (χ0v) is 53.3. The van der Waals surface area contributed by atoms with Crippen LogP contribution < -0.4 is 0 Å². The summed E-state index contributed by atoms with van der Waals surface area (Å²) < 4.78 is 13.9. The molecule has 0 aliphatic carbocycles. The van der Waals surface area contributed by atoms with E-state index in [-0.39, 0.29) is 0 Å². The van der Waals surface area contributed by atoms with Crippen LogP contribution in [0.3, 0.4) is 0 Å². The molecule has 0 N–H and O–H groups in total. The molecule has 2 heteroatoms. The molecule has 2 nitrogen and oxygen atoms in total. The predicted octanol–water partition coefficient (Wildman–Crippen LogP) is 27.4. The van der Waals surface area contributed by atoms with E-state index < -0.39 is 0 Å². The molecular formula is C96H58O2. The second kappa shape index (κ2) is 22.4. The summed E-state index contributed by atoms with van der Waals surface area (Å²) in [6, 6.07) is 129. The Morgan fingerprint density at radius 3 is 0.847 bits per heavy atom. The highest BCUT2D eigenvalue weighted by Gasteiger charge is 2.24. The largest absolute Gasteiger partial charge is 0.456 e. The summed E-state index contributed by atoms with van der Waals surface area (Å²) in [4.78, 5) is 0. The van der Waals surface area contributed by atoms with E-state index in [0.717, 1.165) is 110 Å². The number of fused-ring (bicyclic) bond motifs is 12. The van der Waals surface area contributed by atoms with Gasteiger partial charge in [0.25, 0.3) is 0 Å². The van der Waals surface area contributed by atoms with Gasteiger partial charge in [-0.2, -0.15) is 0 Å². The van der Waals surface area contributed by atoms with Crippen molar-refractivity contribution in [3.8, 4) is 100 Å². The van der Waals surface area contributed by atoms with Crippen LogP contribution in [0.25, 0.3) is 209 Å². The van der Waals surface area contributed by atoms with Crippen LogP contribution >= 0.6 is 0 Å². The highest BCUT2D eigenvalue weighted by molar-refractivity contribution is 6.25. The van der Waals surface area contributed by atoms with Crippen LogP contribution in [0.15, 0.2) is 361 Å². The lowest BCUT2D eigenvalue weighted by atomic mass is 9.83. The Morgan fingerprint density at radius 2 is 0.408 bits per heavy atom. The number of hydrogen-bond acceptors (Lipinski definition) is 2. The van der Waals surface area contributed by atoms with Crippen LogP contribution in [0.4, 0.5) is 0 Å². The normalized spacial score (nSPS) is 11.9. The van der Waals surface area contributed by atoms with E-state index in [2.05, 4.69) is 352 Å². The molecule has 2 heterocycles. The van der Waals surface area contributed by atoms with Gasteiger partial charge in [-0.25, -0.2) is 0 Å². The van der Waals surface area contributed by atoms with Gasteiger partial charge in [-0.3, -0.25) is 0 Å². The molecule has 0 atom stereocenters. The Labute approximate surface area is 565 Å². The highest BCUT2D eigenvalue weighted by Crippen LogP contribution is 2.50. The third-order valence-electron chi connectivity index (χ3n) is 20.6. The van der Waals surface area contributed by atoms with Crippen LogP contribution in [-0.4, -0.2) is 0 Å². The van der Waals surface area contributed by atoms with E-state index in [1.54, 1.807) is 0 Å². The summed E-state index contributed by atoms with van der Waals surface area (Å²) in [6.07, 6.45) is 0. The van der Waals surface area contributed by atoms with Crippen molar-refractivity contribution in [2.24, 2.45) is 0 Å². The molecule has 20 rings (SSSR count). The minimum atomic E-state index is 0.856. The third-order valence-corrected chi connectivity index (χ3v) is 20.6. The third kappa shape index (κ3) is 9.10. The van der Waals surface area contributed by atoms with Crippen molar-refractivity contribution < 1.29 is 8.83 Å². The van der Waals surface area contributed by atoms with Gasteiger partial charge in [0.2, 0.25) is 0 Å². The van der Waals surface area contributed by atoms with E-state index in [0.29, 0.717) is 0 Å². The minimum Gasteiger partial charge on any atom is -0.456 e. The summed E-state index contributed by atoms with van der Waals surface area (Å²) in [7, 11) is 0. The minimum absolute atomic E-state index is 0.856. The summed E-state index contributed by atoms with van der Waals surface area (Å²) in [5, 5.41) is 18.6. The van der Waals surface area contributed by atoms with Crippen molar-refractivity contribution in [1.82, 2.24) is 0 Å². The van der Waals surface area contributed by atoms with E-state index in [4.69, 9.17) is 8.83 Å². The molecule has 20 aromatic rings. The molecule has 2 aromatic heterocycles. The lowest BCUT2D eigenvalue weighted by Gasteiger charge is -2.20. The van der Waals surface area contributed by atoms with Gasteiger partial charge in [0.15, 0.2) is 0 Å². The van der Waals surface area contributed by atoms with Crippen molar-refractivity contribution in [3.63, 3.8) is 0 Å². The van der Waals surface area contributed by atoms with E-state index in [1.165, 1.54) is 98.4 Å². The molecule has 0 spiro atoms. The van der Waals surface area contributed by atoms with Gasteiger partial charge in [0.05, 0.1) is 0 Å². The molecule has 454 valence electrons. The monoisotopic (exact) mass is 1240 g/mol. The Balaban J connectivity index is 0.824. The Hall–Kier alpha value is -12.9. The molecule has 0 aliphatic heterocycles. The Kier molecular flexibility index (Phi) is 12.7. The molecular weight excluding hydrogens is 1190 g/mol. The lowest BCUT2D eigenvalue weighted by molar-refractivity contribution is 0.669. The number of furan rings is 2. The van der Waals surface area contributed by atoms with Gasteiger partial charge in [-0.1, -0.05) is 273 Å². The number of benzene rings is 18. The van der Waals surface area contributed by atoms with Crippen LogP contribution in [0, 0.1) is 0 Å². The molecule has 18 aromatic carbocycles. The molecule has 0 fully saturated rings. The van der Waals surface area contributed by atoms with Crippen LogP contribution in [-0.2, 0) is 0 Å². The summed E-state index contributed by atoms with van der Waals surface area (Å²) in [5.41, 5.74) is 24.4. The molecule has 0 radical (unpaired) electrons. The summed E-state index contributed by atoms with van der Waals surface area (Å²) in [5.74, 6) is 0. The number of hydrogen-bond donors (Lipinski definition) is 0. The second-order valence-corrected chi connectivity index (χ2v) is 26.1. The quantitative estimate of drug-likeness (QED) is 0.135. The first-order valence-corrected chi connectivity index (χ1v) is 33.8. The zero-order chi connectivity index (χ0) is 64.4. The van der Waals surface area contributed by atoms with Gasteiger partial charge in [-0.15, -0.1) is 0 Å². The lowest BCUT2D eigenvalue weighted by Crippen LogP contribution is -1.93. The van der Waals surface area contributed by atoms with E-state index in [1.807, 2.05) is 0 Å². The average molecular weight is 1240 g/mol. The maximum atomic E-state index is 6.93. The Morgan fingerprint density at radius 1 is 0.133 bits per heavy atom. The average Bonchev–Trinajstić information content (AvgIpc) is 0.753.